The Hall–Kier alpha value is -2.08. The van der Waals surface area contributed by atoms with Crippen LogP contribution in [0.15, 0.2) is 24.3 Å². The minimum atomic E-state index is -1.18. The van der Waals surface area contributed by atoms with Crippen LogP contribution in [0.3, 0.4) is 0 Å². The molecule has 1 saturated heterocycles. The smallest absolute Gasteiger partial charge is 0.326 e. The lowest BCUT2D eigenvalue weighted by Crippen LogP contribution is -2.44. The number of hydrogen-bond acceptors (Lipinski definition) is 4. The van der Waals surface area contributed by atoms with Crippen LogP contribution in [0.2, 0.25) is 5.02 Å². The Morgan fingerprint density at radius 2 is 1.91 bits per heavy atom. The Bertz CT molecular complexity index is 629. The Balaban J connectivity index is 2.27. The Morgan fingerprint density at radius 3 is 2.43 bits per heavy atom. The summed E-state index contributed by atoms with van der Waals surface area (Å²) in [4.78, 5) is 37.6. The quantitative estimate of drug-likeness (QED) is 0.661. The molecule has 23 heavy (non-hydrogen) atoms. The highest BCUT2D eigenvalue weighted by Crippen LogP contribution is 2.33. The second kappa shape index (κ2) is 6.58. The first-order valence-corrected chi connectivity index (χ1v) is 7.77. The van der Waals surface area contributed by atoms with Crippen LogP contribution in [0.1, 0.15) is 32.8 Å². The van der Waals surface area contributed by atoms with Crippen molar-refractivity contribution >= 4 is 29.5 Å². The predicted molar refractivity (Wildman–Crippen MR) is 84.9 cm³/mol. The van der Waals surface area contributed by atoms with E-state index in [4.69, 9.17) is 16.3 Å². The molecule has 6 nitrogen and oxygen atoms in total. The molecule has 0 aromatic heterocycles. The lowest BCUT2D eigenvalue weighted by molar-refractivity contribution is -0.151. The average molecular weight is 339 g/mol. The highest BCUT2D eigenvalue weighted by molar-refractivity contribution is 6.30. The van der Waals surface area contributed by atoms with E-state index in [1.165, 1.54) is 0 Å². The number of carbonyl (C=O) groups excluding carboxylic acids is 3. The van der Waals surface area contributed by atoms with E-state index in [0.717, 1.165) is 4.90 Å². The van der Waals surface area contributed by atoms with Gasteiger partial charge in [0.25, 0.3) is 5.91 Å². The molecule has 1 N–H and O–H groups in total. The molecule has 0 aliphatic carbocycles. The van der Waals surface area contributed by atoms with E-state index in [1.54, 1.807) is 45.0 Å². The van der Waals surface area contributed by atoms with Crippen LogP contribution < -0.4 is 5.32 Å². The lowest BCUT2D eigenvalue weighted by atomic mass is 9.87. The monoisotopic (exact) mass is 338 g/mol. The number of urea groups is 1. The van der Waals surface area contributed by atoms with Crippen LogP contribution in [0, 0.1) is 0 Å². The molecule has 1 aromatic rings. The van der Waals surface area contributed by atoms with Gasteiger partial charge in [-0.3, -0.25) is 14.5 Å². The zero-order chi connectivity index (χ0) is 17.2. The van der Waals surface area contributed by atoms with E-state index in [-0.39, 0.29) is 6.10 Å². The Morgan fingerprint density at radius 1 is 1.30 bits per heavy atom. The number of nitrogens with zero attached hydrogens (tertiary/aromatic N) is 1. The molecule has 1 atom stereocenters. The maximum Gasteiger partial charge on any atom is 0.326 e. The first-order valence-electron chi connectivity index (χ1n) is 7.39. The number of esters is 1. The van der Waals surface area contributed by atoms with Crippen molar-refractivity contribution in [3.05, 3.63) is 34.9 Å². The van der Waals surface area contributed by atoms with E-state index in [1.807, 2.05) is 0 Å². The molecule has 1 aliphatic heterocycles. The molecule has 1 aliphatic rings. The van der Waals surface area contributed by atoms with Crippen LogP contribution >= 0.6 is 11.6 Å². The molecule has 0 saturated carbocycles. The molecule has 1 fully saturated rings. The van der Waals surface area contributed by atoms with Crippen molar-refractivity contribution in [3.8, 4) is 0 Å². The third kappa shape index (κ3) is 3.32. The zero-order valence-corrected chi connectivity index (χ0v) is 14.0. The standard InChI is InChI=1S/C16H19ClN2O4/c1-4-16(11-5-7-12(17)8-6-11)14(21)19(15(22)18-16)9-13(20)23-10(2)3/h5-8,10H,4,9H2,1-3H3,(H,18,22). The van der Waals surface area contributed by atoms with Crippen molar-refractivity contribution in [1.82, 2.24) is 10.2 Å². The Kier molecular flexibility index (Phi) is 4.94. The number of carbonyl (C=O) groups is 3. The molecular weight excluding hydrogens is 320 g/mol. The first-order chi connectivity index (χ1) is 10.8. The summed E-state index contributed by atoms with van der Waals surface area (Å²) in [5.41, 5.74) is -0.553. The fourth-order valence-electron chi connectivity index (χ4n) is 2.57. The highest BCUT2D eigenvalue weighted by Gasteiger charge is 2.51. The van der Waals surface area contributed by atoms with Crippen molar-refractivity contribution in [2.75, 3.05) is 6.54 Å². The van der Waals surface area contributed by atoms with Crippen molar-refractivity contribution < 1.29 is 19.1 Å². The van der Waals surface area contributed by atoms with Gasteiger partial charge in [0.15, 0.2) is 0 Å². The average Bonchev–Trinajstić information content (AvgIpc) is 2.72. The predicted octanol–water partition coefficient (Wildman–Crippen LogP) is 2.45. The maximum absolute atomic E-state index is 12.8. The second-order valence-corrected chi connectivity index (χ2v) is 6.06. The van der Waals surface area contributed by atoms with Crippen LogP contribution in [0.25, 0.3) is 0 Å². The molecule has 1 heterocycles. The number of nitrogens with one attached hydrogen (secondary N) is 1. The minimum absolute atomic E-state index is 0.310. The second-order valence-electron chi connectivity index (χ2n) is 5.63. The number of benzene rings is 1. The summed E-state index contributed by atoms with van der Waals surface area (Å²) in [5.74, 6) is -1.08. The summed E-state index contributed by atoms with van der Waals surface area (Å²) in [5, 5.41) is 3.23. The molecule has 0 radical (unpaired) electrons. The highest BCUT2D eigenvalue weighted by atomic mass is 35.5. The molecule has 0 spiro atoms. The normalized spacial score (nSPS) is 20.8. The molecule has 3 amide bonds. The van der Waals surface area contributed by atoms with Gasteiger partial charge in [0.2, 0.25) is 0 Å². The topological polar surface area (TPSA) is 75.7 Å². The van der Waals surface area contributed by atoms with Gasteiger partial charge in [0.05, 0.1) is 6.10 Å². The maximum atomic E-state index is 12.8. The zero-order valence-electron chi connectivity index (χ0n) is 13.3. The number of imide groups is 1. The van der Waals surface area contributed by atoms with Gasteiger partial charge < -0.3 is 10.1 Å². The molecule has 7 heteroatoms. The lowest BCUT2D eigenvalue weighted by Gasteiger charge is -2.25. The summed E-state index contributed by atoms with van der Waals surface area (Å²) >= 11 is 5.87. The summed E-state index contributed by atoms with van der Waals surface area (Å²) in [7, 11) is 0. The molecule has 124 valence electrons. The molecule has 1 aromatic carbocycles. The summed E-state index contributed by atoms with van der Waals surface area (Å²) in [6.45, 7) is 4.79. The fourth-order valence-corrected chi connectivity index (χ4v) is 2.70. The summed E-state index contributed by atoms with van der Waals surface area (Å²) < 4.78 is 5.00. The largest absolute Gasteiger partial charge is 0.462 e. The van der Waals surface area contributed by atoms with Gasteiger partial charge in [0, 0.05) is 5.02 Å². The van der Waals surface area contributed by atoms with E-state index < -0.39 is 30.0 Å². The van der Waals surface area contributed by atoms with Crippen molar-refractivity contribution in [3.63, 3.8) is 0 Å². The number of amides is 3. The van der Waals surface area contributed by atoms with Crippen LogP contribution in [-0.4, -0.2) is 35.5 Å². The van der Waals surface area contributed by atoms with Crippen LogP contribution in [0.5, 0.6) is 0 Å². The Labute approximate surface area is 139 Å². The first kappa shape index (κ1) is 17.3. The van der Waals surface area contributed by atoms with Gasteiger partial charge in [0.1, 0.15) is 12.1 Å². The summed E-state index contributed by atoms with van der Waals surface area (Å²) in [6.07, 6.45) is 0.0463. The molecule has 0 bridgehead atoms. The van der Waals surface area contributed by atoms with E-state index >= 15 is 0 Å². The number of halogens is 1. The third-order valence-corrected chi connectivity index (χ3v) is 3.95. The van der Waals surface area contributed by atoms with Gasteiger partial charge in [-0.15, -0.1) is 0 Å². The molecule has 2 rings (SSSR count). The van der Waals surface area contributed by atoms with E-state index in [0.29, 0.717) is 17.0 Å². The van der Waals surface area contributed by atoms with Gasteiger partial charge in [-0.25, -0.2) is 4.79 Å². The van der Waals surface area contributed by atoms with Gasteiger partial charge in [-0.1, -0.05) is 30.7 Å². The third-order valence-electron chi connectivity index (χ3n) is 3.70. The molecule has 1 unspecified atom stereocenters. The minimum Gasteiger partial charge on any atom is -0.462 e. The number of rotatable bonds is 5. The van der Waals surface area contributed by atoms with Crippen LogP contribution in [-0.2, 0) is 19.9 Å². The van der Waals surface area contributed by atoms with Crippen molar-refractivity contribution in [1.29, 1.82) is 0 Å². The van der Waals surface area contributed by atoms with E-state index in [2.05, 4.69) is 5.32 Å². The van der Waals surface area contributed by atoms with Gasteiger partial charge in [-0.05, 0) is 38.0 Å². The van der Waals surface area contributed by atoms with Crippen molar-refractivity contribution in [2.45, 2.75) is 38.8 Å². The van der Waals surface area contributed by atoms with Crippen molar-refractivity contribution in [2.24, 2.45) is 0 Å². The SMILES string of the molecule is CCC1(c2ccc(Cl)cc2)NC(=O)N(CC(=O)OC(C)C)C1=O. The van der Waals surface area contributed by atoms with Gasteiger partial charge >= 0.3 is 12.0 Å². The fraction of sp³-hybridized carbons (Fsp3) is 0.438. The number of ether oxygens (including phenoxy) is 1. The summed E-state index contributed by atoms with van der Waals surface area (Å²) in [6, 6.07) is 6.10. The van der Waals surface area contributed by atoms with Gasteiger partial charge in [-0.2, -0.15) is 0 Å². The molecular formula is C16H19ClN2O4. The number of hydrogen-bond donors (Lipinski definition) is 1. The van der Waals surface area contributed by atoms with Crippen LogP contribution in [0.4, 0.5) is 4.79 Å². The van der Waals surface area contributed by atoms with E-state index in [9.17, 15) is 14.4 Å².